The molecule has 4 heteroatoms. The number of rotatable bonds is 3. The molecule has 0 saturated carbocycles. The molecule has 0 radical (unpaired) electrons. The van der Waals surface area contributed by atoms with Gasteiger partial charge < -0.3 is 11.5 Å². The Balaban J connectivity index is 1.81. The molecule has 1 heterocycles. The first-order chi connectivity index (χ1) is 10.1. The van der Waals surface area contributed by atoms with Crippen LogP contribution in [0.15, 0.2) is 42.5 Å². The Morgan fingerprint density at radius 1 is 1.14 bits per heavy atom. The number of carbonyl (C=O) groups excluding carboxylic acids is 1. The minimum atomic E-state index is -0.368. The lowest BCUT2D eigenvalue weighted by atomic mass is 9.97. The average molecular weight is 281 g/mol. The lowest BCUT2D eigenvalue weighted by Gasteiger charge is -2.29. The highest BCUT2D eigenvalue weighted by Crippen LogP contribution is 2.25. The molecule has 2 aromatic carbocycles. The van der Waals surface area contributed by atoms with E-state index in [1.165, 1.54) is 11.1 Å². The molecule has 0 unspecified atom stereocenters. The molecule has 1 aliphatic heterocycles. The van der Waals surface area contributed by atoms with Crippen molar-refractivity contribution in [3.05, 3.63) is 64.7 Å². The molecule has 2 aromatic rings. The van der Waals surface area contributed by atoms with E-state index in [0.29, 0.717) is 5.56 Å². The van der Waals surface area contributed by atoms with Crippen LogP contribution in [0, 0.1) is 0 Å². The molecule has 4 N–H and O–H groups in total. The second kappa shape index (κ2) is 5.58. The first-order valence-corrected chi connectivity index (χ1v) is 7.11. The molecule has 0 aromatic heterocycles. The molecule has 21 heavy (non-hydrogen) atoms. The summed E-state index contributed by atoms with van der Waals surface area (Å²) in [6.45, 7) is 2.52. The summed E-state index contributed by atoms with van der Waals surface area (Å²) in [6, 6.07) is 13.6. The zero-order valence-electron chi connectivity index (χ0n) is 11.9. The lowest BCUT2D eigenvalue weighted by Crippen LogP contribution is -2.31. The van der Waals surface area contributed by atoms with Crippen molar-refractivity contribution in [2.24, 2.45) is 5.73 Å². The Morgan fingerprint density at radius 2 is 1.95 bits per heavy atom. The summed E-state index contributed by atoms with van der Waals surface area (Å²) in [5, 5.41) is 0. The van der Waals surface area contributed by atoms with Gasteiger partial charge in [0.15, 0.2) is 0 Å². The van der Waals surface area contributed by atoms with Crippen LogP contribution in [0.25, 0.3) is 0 Å². The maximum absolute atomic E-state index is 11.5. The normalized spacial score (nSPS) is 14.7. The zero-order chi connectivity index (χ0) is 14.8. The minimum Gasteiger partial charge on any atom is -0.398 e. The molecule has 0 spiro atoms. The van der Waals surface area contributed by atoms with Crippen LogP contribution in [0.4, 0.5) is 5.69 Å². The first-order valence-electron chi connectivity index (χ1n) is 7.11. The van der Waals surface area contributed by atoms with Crippen molar-refractivity contribution in [2.75, 3.05) is 12.3 Å². The summed E-state index contributed by atoms with van der Waals surface area (Å²) < 4.78 is 0. The molecule has 108 valence electrons. The van der Waals surface area contributed by atoms with Crippen molar-refractivity contribution >= 4 is 11.6 Å². The Kier molecular flexibility index (Phi) is 3.62. The number of hydrogen-bond acceptors (Lipinski definition) is 3. The topological polar surface area (TPSA) is 72.4 Å². The Morgan fingerprint density at radius 3 is 2.76 bits per heavy atom. The fraction of sp³-hybridized carbons (Fsp3) is 0.235. The highest BCUT2D eigenvalue weighted by Gasteiger charge is 2.19. The summed E-state index contributed by atoms with van der Waals surface area (Å²) in [5.74, 6) is -0.368. The number of hydrogen-bond donors (Lipinski definition) is 2. The predicted octanol–water partition coefficient (Wildman–Crippen LogP) is 1.93. The van der Waals surface area contributed by atoms with Crippen LogP contribution in [-0.2, 0) is 19.5 Å². The molecule has 0 fully saturated rings. The number of anilines is 1. The second-order valence-electron chi connectivity index (χ2n) is 5.47. The largest absolute Gasteiger partial charge is 0.398 e. The van der Waals surface area contributed by atoms with E-state index in [2.05, 4.69) is 11.0 Å². The fourth-order valence-electron chi connectivity index (χ4n) is 2.97. The van der Waals surface area contributed by atoms with Gasteiger partial charge in [-0.25, -0.2) is 0 Å². The van der Waals surface area contributed by atoms with Gasteiger partial charge in [0.05, 0.1) is 0 Å². The maximum atomic E-state index is 11.5. The van der Waals surface area contributed by atoms with E-state index in [4.69, 9.17) is 11.5 Å². The summed E-state index contributed by atoms with van der Waals surface area (Å²) in [6.07, 6.45) is 0.945. The van der Waals surface area contributed by atoms with Crippen LogP contribution in [0.5, 0.6) is 0 Å². The highest BCUT2D eigenvalue weighted by molar-refractivity contribution is 5.94. The summed E-state index contributed by atoms with van der Waals surface area (Å²) in [4.78, 5) is 13.8. The SMILES string of the molecule is NC(=O)c1ccccc1CN1CCc2c(N)cccc2C1. The van der Waals surface area contributed by atoms with E-state index in [-0.39, 0.29) is 5.91 Å². The quantitative estimate of drug-likeness (QED) is 0.844. The third-order valence-electron chi connectivity index (χ3n) is 4.06. The van der Waals surface area contributed by atoms with Gasteiger partial charge in [0.2, 0.25) is 5.91 Å². The number of nitrogens with zero attached hydrogens (tertiary/aromatic N) is 1. The van der Waals surface area contributed by atoms with Gasteiger partial charge >= 0.3 is 0 Å². The molecule has 0 saturated heterocycles. The maximum Gasteiger partial charge on any atom is 0.249 e. The van der Waals surface area contributed by atoms with Crippen molar-refractivity contribution in [2.45, 2.75) is 19.5 Å². The molecule has 1 amide bonds. The molecule has 3 rings (SSSR count). The number of benzene rings is 2. The molecular formula is C17H19N3O. The Hall–Kier alpha value is -2.33. The number of primary amides is 1. The third-order valence-corrected chi connectivity index (χ3v) is 4.06. The van der Waals surface area contributed by atoms with Crippen LogP contribution < -0.4 is 11.5 Å². The van der Waals surface area contributed by atoms with Crippen LogP contribution in [0.1, 0.15) is 27.0 Å². The van der Waals surface area contributed by atoms with E-state index in [1.807, 2.05) is 30.3 Å². The van der Waals surface area contributed by atoms with Gasteiger partial charge in [0.25, 0.3) is 0 Å². The van der Waals surface area contributed by atoms with Gasteiger partial charge in [-0.1, -0.05) is 30.3 Å². The average Bonchev–Trinajstić information content (AvgIpc) is 2.48. The Labute approximate surface area is 124 Å². The van der Waals surface area contributed by atoms with Gasteiger partial charge in [0, 0.05) is 30.9 Å². The molecule has 0 aliphatic carbocycles. The van der Waals surface area contributed by atoms with Crippen LogP contribution >= 0.6 is 0 Å². The van der Waals surface area contributed by atoms with Gasteiger partial charge in [-0.15, -0.1) is 0 Å². The van der Waals surface area contributed by atoms with E-state index >= 15 is 0 Å². The van der Waals surface area contributed by atoms with Gasteiger partial charge in [-0.2, -0.15) is 0 Å². The molecule has 4 nitrogen and oxygen atoms in total. The number of amides is 1. The van der Waals surface area contributed by atoms with Gasteiger partial charge in [-0.05, 0) is 35.2 Å². The van der Waals surface area contributed by atoms with E-state index in [0.717, 1.165) is 37.3 Å². The summed E-state index contributed by atoms with van der Waals surface area (Å²) in [7, 11) is 0. The predicted molar refractivity (Wildman–Crippen MR) is 83.6 cm³/mol. The fourth-order valence-corrected chi connectivity index (χ4v) is 2.97. The van der Waals surface area contributed by atoms with E-state index in [1.54, 1.807) is 6.07 Å². The lowest BCUT2D eigenvalue weighted by molar-refractivity contribution is 0.0998. The smallest absolute Gasteiger partial charge is 0.249 e. The molecular weight excluding hydrogens is 262 g/mol. The van der Waals surface area contributed by atoms with E-state index < -0.39 is 0 Å². The Bertz CT molecular complexity index is 681. The highest BCUT2D eigenvalue weighted by atomic mass is 16.1. The zero-order valence-corrected chi connectivity index (χ0v) is 11.9. The minimum absolute atomic E-state index is 0.368. The van der Waals surface area contributed by atoms with Crippen molar-refractivity contribution in [3.63, 3.8) is 0 Å². The van der Waals surface area contributed by atoms with Crippen molar-refractivity contribution < 1.29 is 4.79 Å². The second-order valence-corrected chi connectivity index (χ2v) is 5.47. The first kappa shape index (κ1) is 13.6. The molecule has 1 aliphatic rings. The number of nitrogen functional groups attached to an aromatic ring is 1. The summed E-state index contributed by atoms with van der Waals surface area (Å²) in [5.41, 5.74) is 16.5. The van der Waals surface area contributed by atoms with Crippen molar-refractivity contribution in [1.29, 1.82) is 0 Å². The van der Waals surface area contributed by atoms with Crippen LogP contribution in [0.2, 0.25) is 0 Å². The molecule has 0 bridgehead atoms. The van der Waals surface area contributed by atoms with Gasteiger partial charge in [-0.3, -0.25) is 9.69 Å². The van der Waals surface area contributed by atoms with E-state index in [9.17, 15) is 4.79 Å². The molecule has 0 atom stereocenters. The summed E-state index contributed by atoms with van der Waals surface area (Å²) >= 11 is 0. The van der Waals surface area contributed by atoms with Gasteiger partial charge in [0.1, 0.15) is 0 Å². The van der Waals surface area contributed by atoms with Crippen LogP contribution in [-0.4, -0.2) is 17.4 Å². The number of fused-ring (bicyclic) bond motifs is 1. The standard InChI is InChI=1S/C17H19N3O/c18-16-7-3-5-12-10-20(9-8-14(12)16)11-13-4-1-2-6-15(13)17(19)21/h1-7H,8-11,18H2,(H2,19,21). The number of carbonyl (C=O) groups is 1. The van der Waals surface area contributed by atoms with Crippen LogP contribution in [0.3, 0.4) is 0 Å². The monoisotopic (exact) mass is 281 g/mol. The van der Waals surface area contributed by atoms with Crippen molar-refractivity contribution in [3.8, 4) is 0 Å². The third kappa shape index (κ3) is 2.76. The van der Waals surface area contributed by atoms with Crippen molar-refractivity contribution in [1.82, 2.24) is 4.90 Å². The number of nitrogens with two attached hydrogens (primary N) is 2.